The van der Waals surface area contributed by atoms with E-state index in [-0.39, 0.29) is 6.61 Å². The van der Waals surface area contributed by atoms with Gasteiger partial charge in [0.05, 0.1) is 6.61 Å². The van der Waals surface area contributed by atoms with Crippen molar-refractivity contribution in [1.82, 2.24) is 0 Å². The minimum absolute atomic E-state index is 0.259. The Morgan fingerprint density at radius 3 is 2.50 bits per heavy atom. The first kappa shape index (κ1) is 11.8. The van der Waals surface area contributed by atoms with Crippen molar-refractivity contribution in [3.05, 3.63) is 11.5 Å². The lowest BCUT2D eigenvalue weighted by atomic mass is 9.94. The fourth-order valence-electron chi connectivity index (χ4n) is 2.80. The molecule has 0 bridgehead atoms. The third-order valence-electron chi connectivity index (χ3n) is 3.77. The number of carbonyl (C=O) groups excluding carboxylic acids is 1. The molecule has 3 aliphatic rings. The van der Waals surface area contributed by atoms with Gasteiger partial charge in [0.2, 0.25) is 5.76 Å². The fourth-order valence-corrected chi connectivity index (χ4v) is 2.80. The number of ether oxygens (including phenoxy) is 3. The summed E-state index contributed by atoms with van der Waals surface area (Å²) in [5, 5.41) is 18.9. The summed E-state index contributed by atoms with van der Waals surface area (Å²) in [4.78, 5) is 11.1. The van der Waals surface area contributed by atoms with Gasteiger partial charge in [-0.1, -0.05) is 6.42 Å². The van der Waals surface area contributed by atoms with Crippen molar-refractivity contribution >= 4 is 5.97 Å². The van der Waals surface area contributed by atoms with Crippen LogP contribution in [-0.4, -0.2) is 40.8 Å². The fraction of sp³-hybridized carbons (Fsp3) is 0.750. The van der Waals surface area contributed by atoms with Crippen molar-refractivity contribution in [1.29, 1.82) is 0 Å². The van der Waals surface area contributed by atoms with E-state index in [1.165, 1.54) is 6.42 Å². The van der Waals surface area contributed by atoms with Gasteiger partial charge in [-0.05, 0) is 12.8 Å². The molecule has 0 aromatic heterocycles. The molecule has 1 saturated carbocycles. The highest BCUT2D eigenvalue weighted by Gasteiger charge is 2.50. The first-order valence-electron chi connectivity index (χ1n) is 6.26. The second kappa shape index (κ2) is 4.13. The van der Waals surface area contributed by atoms with Gasteiger partial charge in [0.1, 0.15) is 6.10 Å². The standard InChI is InChI=1S/C12H16O6/c13-8-9(14)11(15)17-10(8)7-6-16-12(18-7)4-2-1-3-5-12/h7,10,13-14H,1-6H2/t7?,10-/m1/s1. The molecule has 2 atom stereocenters. The Kier molecular flexibility index (Phi) is 2.71. The molecule has 6 nitrogen and oxygen atoms in total. The summed E-state index contributed by atoms with van der Waals surface area (Å²) in [7, 11) is 0. The molecule has 3 rings (SSSR count). The lowest BCUT2D eigenvalue weighted by Gasteiger charge is -2.32. The van der Waals surface area contributed by atoms with E-state index in [0.717, 1.165) is 25.7 Å². The van der Waals surface area contributed by atoms with Crippen LogP contribution in [0.2, 0.25) is 0 Å². The summed E-state index contributed by atoms with van der Waals surface area (Å²) in [5.74, 6) is -2.69. The Balaban J connectivity index is 1.71. The average molecular weight is 256 g/mol. The number of hydrogen-bond acceptors (Lipinski definition) is 6. The van der Waals surface area contributed by atoms with E-state index in [0.29, 0.717) is 0 Å². The molecule has 100 valence electrons. The maximum atomic E-state index is 11.1. The topological polar surface area (TPSA) is 85.2 Å². The van der Waals surface area contributed by atoms with Gasteiger partial charge in [-0.25, -0.2) is 4.79 Å². The van der Waals surface area contributed by atoms with Crippen molar-refractivity contribution in [3.63, 3.8) is 0 Å². The molecule has 0 amide bonds. The maximum absolute atomic E-state index is 11.1. The molecule has 1 aliphatic carbocycles. The van der Waals surface area contributed by atoms with Crippen LogP contribution in [0.25, 0.3) is 0 Å². The van der Waals surface area contributed by atoms with Gasteiger partial charge in [-0.3, -0.25) is 0 Å². The SMILES string of the molecule is O=C1O[C@H](C2COC3(CCCCC3)O2)C(O)=C1O. The minimum Gasteiger partial charge on any atom is -0.505 e. The van der Waals surface area contributed by atoms with Crippen LogP contribution in [0.4, 0.5) is 0 Å². The van der Waals surface area contributed by atoms with E-state index in [1.807, 2.05) is 0 Å². The molecular formula is C12H16O6. The third kappa shape index (κ3) is 1.76. The zero-order valence-electron chi connectivity index (χ0n) is 9.92. The highest BCUT2D eigenvalue weighted by Crippen LogP contribution is 2.40. The number of carbonyl (C=O) groups is 1. The molecule has 1 spiro atoms. The molecule has 2 fully saturated rings. The van der Waals surface area contributed by atoms with E-state index in [1.54, 1.807) is 0 Å². The zero-order chi connectivity index (χ0) is 12.8. The molecule has 1 unspecified atom stereocenters. The normalized spacial score (nSPS) is 35.2. The third-order valence-corrected chi connectivity index (χ3v) is 3.77. The minimum atomic E-state index is -0.946. The molecule has 0 aromatic carbocycles. The predicted octanol–water partition coefficient (Wildman–Crippen LogP) is 1.32. The van der Waals surface area contributed by atoms with Crippen LogP contribution in [0.1, 0.15) is 32.1 Å². The first-order chi connectivity index (χ1) is 8.61. The first-order valence-corrected chi connectivity index (χ1v) is 6.26. The zero-order valence-corrected chi connectivity index (χ0v) is 9.92. The number of hydrogen-bond donors (Lipinski definition) is 2. The Bertz CT molecular complexity index is 395. The summed E-state index contributed by atoms with van der Waals surface area (Å²) in [6.07, 6.45) is 3.41. The largest absolute Gasteiger partial charge is 0.505 e. The van der Waals surface area contributed by atoms with Crippen molar-refractivity contribution in [2.24, 2.45) is 0 Å². The van der Waals surface area contributed by atoms with Crippen LogP contribution in [-0.2, 0) is 19.0 Å². The van der Waals surface area contributed by atoms with E-state index >= 15 is 0 Å². The molecule has 2 aliphatic heterocycles. The Labute approximate surface area is 104 Å². The molecule has 2 heterocycles. The van der Waals surface area contributed by atoms with Crippen molar-refractivity contribution < 1.29 is 29.2 Å². The molecule has 18 heavy (non-hydrogen) atoms. The highest BCUT2D eigenvalue weighted by atomic mass is 16.8. The van der Waals surface area contributed by atoms with Crippen LogP contribution >= 0.6 is 0 Å². The number of esters is 1. The average Bonchev–Trinajstić information content (AvgIpc) is 2.88. The van der Waals surface area contributed by atoms with Gasteiger partial charge in [0.25, 0.3) is 0 Å². The van der Waals surface area contributed by atoms with Crippen molar-refractivity contribution in [2.75, 3.05) is 6.61 Å². The summed E-state index contributed by atoms with van der Waals surface area (Å²) in [6.45, 7) is 0.259. The summed E-state index contributed by atoms with van der Waals surface area (Å²) in [5.41, 5.74) is 0. The quantitative estimate of drug-likeness (QED) is 0.688. The van der Waals surface area contributed by atoms with Crippen LogP contribution in [0.15, 0.2) is 11.5 Å². The number of rotatable bonds is 1. The molecule has 6 heteroatoms. The summed E-state index contributed by atoms with van der Waals surface area (Å²) >= 11 is 0. The van der Waals surface area contributed by atoms with Crippen molar-refractivity contribution in [2.45, 2.75) is 50.1 Å². The maximum Gasteiger partial charge on any atom is 0.377 e. The number of cyclic esters (lactones) is 1. The van der Waals surface area contributed by atoms with Crippen LogP contribution < -0.4 is 0 Å². The lowest BCUT2D eigenvalue weighted by molar-refractivity contribution is -0.197. The monoisotopic (exact) mass is 256 g/mol. The predicted molar refractivity (Wildman–Crippen MR) is 58.8 cm³/mol. The Morgan fingerprint density at radius 1 is 1.17 bits per heavy atom. The van der Waals surface area contributed by atoms with Crippen molar-refractivity contribution in [3.8, 4) is 0 Å². The highest BCUT2D eigenvalue weighted by molar-refractivity contribution is 5.89. The van der Waals surface area contributed by atoms with Gasteiger partial charge in [-0.2, -0.15) is 0 Å². The second-order valence-corrected chi connectivity index (χ2v) is 5.00. The van der Waals surface area contributed by atoms with E-state index in [9.17, 15) is 15.0 Å². The molecule has 0 aromatic rings. The van der Waals surface area contributed by atoms with E-state index in [2.05, 4.69) is 0 Å². The summed E-state index contributed by atoms with van der Waals surface area (Å²) < 4.78 is 16.4. The molecule has 2 N–H and O–H groups in total. The van der Waals surface area contributed by atoms with Crippen LogP contribution in [0.3, 0.4) is 0 Å². The van der Waals surface area contributed by atoms with Crippen LogP contribution in [0.5, 0.6) is 0 Å². The van der Waals surface area contributed by atoms with E-state index in [4.69, 9.17) is 14.2 Å². The molecular weight excluding hydrogens is 240 g/mol. The van der Waals surface area contributed by atoms with Gasteiger partial charge >= 0.3 is 5.97 Å². The summed E-state index contributed by atoms with van der Waals surface area (Å²) in [6, 6.07) is 0. The van der Waals surface area contributed by atoms with Gasteiger partial charge in [0, 0.05) is 12.8 Å². The smallest absolute Gasteiger partial charge is 0.377 e. The second-order valence-electron chi connectivity index (χ2n) is 5.00. The van der Waals surface area contributed by atoms with Gasteiger partial charge in [-0.15, -0.1) is 0 Å². The molecule has 0 radical (unpaired) electrons. The Morgan fingerprint density at radius 2 is 1.89 bits per heavy atom. The van der Waals surface area contributed by atoms with E-state index < -0.39 is 35.5 Å². The van der Waals surface area contributed by atoms with Gasteiger partial charge < -0.3 is 24.4 Å². The number of aliphatic hydroxyl groups is 2. The number of aliphatic hydroxyl groups excluding tert-OH is 2. The Hall–Kier alpha value is -1.27. The van der Waals surface area contributed by atoms with Crippen LogP contribution in [0, 0.1) is 0 Å². The lowest BCUT2D eigenvalue weighted by Crippen LogP contribution is -2.36. The molecule has 1 saturated heterocycles. The van der Waals surface area contributed by atoms with Gasteiger partial charge in [0.15, 0.2) is 17.7 Å².